The Balaban J connectivity index is 3.16. The average molecular weight is 157 g/mol. The Hall–Kier alpha value is -0.560. The Kier molecular flexibility index (Phi) is 7.16. The predicted molar refractivity (Wildman–Crippen MR) is 44.1 cm³/mol. The van der Waals surface area contributed by atoms with Crippen molar-refractivity contribution < 1.29 is 9.47 Å². The summed E-state index contributed by atoms with van der Waals surface area (Å²) in [4.78, 5) is 0. The Morgan fingerprint density at radius 1 is 1.45 bits per heavy atom. The molecule has 0 atom stereocenters. The Morgan fingerprint density at radius 2 is 2.09 bits per heavy atom. The van der Waals surface area contributed by atoms with Crippen molar-refractivity contribution in [2.24, 2.45) is 0 Å². The standard InChI is InChI=1S/C8H15NO2/c1-4-5-6-9-7-8(10-2)11-3/h1,8-9H,5-7H2,2-3H3. The van der Waals surface area contributed by atoms with Crippen LogP contribution in [0.5, 0.6) is 0 Å². The van der Waals surface area contributed by atoms with Crippen LogP contribution < -0.4 is 5.32 Å². The second kappa shape index (κ2) is 7.55. The zero-order valence-corrected chi connectivity index (χ0v) is 7.09. The highest BCUT2D eigenvalue weighted by atomic mass is 16.7. The lowest BCUT2D eigenvalue weighted by atomic mass is 10.4. The summed E-state index contributed by atoms with van der Waals surface area (Å²) < 4.78 is 9.89. The topological polar surface area (TPSA) is 30.5 Å². The molecule has 0 aliphatic carbocycles. The van der Waals surface area contributed by atoms with Crippen LogP contribution in [0.4, 0.5) is 0 Å². The molecule has 64 valence electrons. The summed E-state index contributed by atoms with van der Waals surface area (Å²) in [5.41, 5.74) is 0. The maximum Gasteiger partial charge on any atom is 0.169 e. The van der Waals surface area contributed by atoms with Gasteiger partial charge in [0.15, 0.2) is 6.29 Å². The van der Waals surface area contributed by atoms with Crippen molar-refractivity contribution >= 4 is 0 Å². The molecule has 0 aromatic rings. The monoisotopic (exact) mass is 157 g/mol. The van der Waals surface area contributed by atoms with Gasteiger partial charge in [-0.2, -0.15) is 0 Å². The molecule has 0 bridgehead atoms. The molecule has 11 heavy (non-hydrogen) atoms. The minimum atomic E-state index is -0.173. The summed E-state index contributed by atoms with van der Waals surface area (Å²) in [5, 5.41) is 3.10. The van der Waals surface area contributed by atoms with E-state index < -0.39 is 0 Å². The third-order valence-electron chi connectivity index (χ3n) is 1.28. The number of rotatable bonds is 6. The maximum absolute atomic E-state index is 5.06. The van der Waals surface area contributed by atoms with Crippen LogP contribution >= 0.6 is 0 Å². The highest BCUT2D eigenvalue weighted by Crippen LogP contribution is 1.86. The number of hydrogen-bond acceptors (Lipinski definition) is 3. The Morgan fingerprint density at radius 3 is 2.55 bits per heavy atom. The summed E-state index contributed by atoms with van der Waals surface area (Å²) in [6.45, 7) is 1.48. The molecule has 0 spiro atoms. The van der Waals surface area contributed by atoms with E-state index in [4.69, 9.17) is 15.9 Å². The van der Waals surface area contributed by atoms with Gasteiger partial charge < -0.3 is 14.8 Å². The maximum atomic E-state index is 5.06. The lowest BCUT2D eigenvalue weighted by molar-refractivity contribution is -0.0985. The summed E-state index contributed by atoms with van der Waals surface area (Å²) in [6, 6.07) is 0. The van der Waals surface area contributed by atoms with Crippen LogP contribution in [0.15, 0.2) is 0 Å². The van der Waals surface area contributed by atoms with Gasteiger partial charge in [0.25, 0.3) is 0 Å². The molecule has 0 aliphatic rings. The molecule has 0 aliphatic heterocycles. The fourth-order valence-electron chi connectivity index (χ4n) is 0.643. The van der Waals surface area contributed by atoms with Crippen LogP contribution in [0.25, 0.3) is 0 Å². The Bertz CT molecular complexity index is 116. The SMILES string of the molecule is C#CCCNCC(OC)OC. The molecule has 0 amide bonds. The second-order valence-corrected chi connectivity index (χ2v) is 2.06. The van der Waals surface area contributed by atoms with Gasteiger partial charge in [-0.15, -0.1) is 12.3 Å². The summed E-state index contributed by atoms with van der Waals surface area (Å²) in [7, 11) is 3.22. The van der Waals surface area contributed by atoms with E-state index in [2.05, 4.69) is 11.2 Å². The lowest BCUT2D eigenvalue weighted by Gasteiger charge is -2.12. The normalized spacial score (nSPS) is 10.0. The van der Waals surface area contributed by atoms with Crippen LogP contribution in [0.3, 0.4) is 0 Å². The summed E-state index contributed by atoms with van der Waals surface area (Å²) in [5.74, 6) is 2.53. The third-order valence-corrected chi connectivity index (χ3v) is 1.28. The zero-order chi connectivity index (χ0) is 8.53. The van der Waals surface area contributed by atoms with Crippen molar-refractivity contribution in [3.63, 3.8) is 0 Å². The number of ether oxygens (including phenoxy) is 2. The number of terminal acetylenes is 1. The van der Waals surface area contributed by atoms with Crippen LogP contribution in [0.2, 0.25) is 0 Å². The Labute approximate surface area is 68.1 Å². The van der Waals surface area contributed by atoms with Gasteiger partial charge in [0.1, 0.15) is 0 Å². The van der Waals surface area contributed by atoms with Crippen LogP contribution in [0.1, 0.15) is 6.42 Å². The first-order chi connectivity index (χ1) is 5.35. The van der Waals surface area contributed by atoms with Gasteiger partial charge in [0, 0.05) is 33.7 Å². The fraction of sp³-hybridized carbons (Fsp3) is 0.750. The van der Waals surface area contributed by atoms with Crippen molar-refractivity contribution in [2.75, 3.05) is 27.3 Å². The molecule has 0 saturated carbocycles. The van der Waals surface area contributed by atoms with E-state index in [0.717, 1.165) is 13.0 Å². The van der Waals surface area contributed by atoms with E-state index in [1.54, 1.807) is 14.2 Å². The second-order valence-electron chi connectivity index (χ2n) is 2.06. The van der Waals surface area contributed by atoms with E-state index in [1.807, 2.05) is 0 Å². The smallest absolute Gasteiger partial charge is 0.169 e. The molecule has 3 nitrogen and oxygen atoms in total. The molecular formula is C8H15NO2. The van der Waals surface area contributed by atoms with Gasteiger partial charge in [-0.1, -0.05) is 0 Å². The van der Waals surface area contributed by atoms with Crippen molar-refractivity contribution in [3.8, 4) is 12.3 Å². The van der Waals surface area contributed by atoms with Crippen molar-refractivity contribution in [3.05, 3.63) is 0 Å². The number of methoxy groups -OCH3 is 2. The van der Waals surface area contributed by atoms with Crippen LogP contribution in [-0.2, 0) is 9.47 Å². The molecule has 0 fully saturated rings. The van der Waals surface area contributed by atoms with Gasteiger partial charge in [0.05, 0.1) is 0 Å². The minimum absolute atomic E-state index is 0.173. The first kappa shape index (κ1) is 10.4. The van der Waals surface area contributed by atoms with Crippen molar-refractivity contribution in [1.82, 2.24) is 5.32 Å². The van der Waals surface area contributed by atoms with Gasteiger partial charge in [-0.25, -0.2) is 0 Å². The zero-order valence-electron chi connectivity index (χ0n) is 7.09. The number of hydrogen-bond donors (Lipinski definition) is 1. The van der Waals surface area contributed by atoms with E-state index in [1.165, 1.54) is 0 Å². The molecule has 0 rings (SSSR count). The lowest BCUT2D eigenvalue weighted by Crippen LogP contribution is -2.30. The first-order valence-corrected chi connectivity index (χ1v) is 3.55. The predicted octanol–water partition coefficient (Wildman–Crippen LogP) is 0.218. The van der Waals surface area contributed by atoms with E-state index in [-0.39, 0.29) is 6.29 Å². The molecule has 0 aromatic heterocycles. The van der Waals surface area contributed by atoms with Crippen LogP contribution in [-0.4, -0.2) is 33.6 Å². The van der Waals surface area contributed by atoms with Crippen LogP contribution in [0, 0.1) is 12.3 Å². The minimum Gasteiger partial charge on any atom is -0.355 e. The molecular weight excluding hydrogens is 142 g/mol. The fourth-order valence-corrected chi connectivity index (χ4v) is 0.643. The van der Waals surface area contributed by atoms with Crippen molar-refractivity contribution in [2.45, 2.75) is 12.7 Å². The van der Waals surface area contributed by atoms with E-state index >= 15 is 0 Å². The molecule has 0 heterocycles. The molecule has 3 heteroatoms. The molecule has 0 radical (unpaired) electrons. The molecule has 1 N–H and O–H groups in total. The van der Waals surface area contributed by atoms with Gasteiger partial charge in [-0.3, -0.25) is 0 Å². The quantitative estimate of drug-likeness (QED) is 0.340. The van der Waals surface area contributed by atoms with Gasteiger partial charge in [-0.05, 0) is 0 Å². The number of nitrogens with one attached hydrogen (secondary N) is 1. The molecule has 0 unspecified atom stereocenters. The summed E-state index contributed by atoms with van der Waals surface area (Å²) in [6.07, 6.45) is 5.62. The summed E-state index contributed by atoms with van der Waals surface area (Å²) >= 11 is 0. The highest BCUT2D eigenvalue weighted by molar-refractivity contribution is 4.83. The largest absolute Gasteiger partial charge is 0.355 e. The van der Waals surface area contributed by atoms with Crippen molar-refractivity contribution in [1.29, 1.82) is 0 Å². The average Bonchev–Trinajstić information content (AvgIpc) is 2.05. The molecule has 0 saturated heterocycles. The van der Waals surface area contributed by atoms with Gasteiger partial charge in [0.2, 0.25) is 0 Å². The first-order valence-electron chi connectivity index (χ1n) is 3.55. The van der Waals surface area contributed by atoms with E-state index in [0.29, 0.717) is 6.54 Å². The van der Waals surface area contributed by atoms with E-state index in [9.17, 15) is 0 Å². The highest BCUT2D eigenvalue weighted by Gasteiger charge is 2.01. The third kappa shape index (κ3) is 5.86. The van der Waals surface area contributed by atoms with Gasteiger partial charge >= 0.3 is 0 Å². The molecule has 0 aromatic carbocycles.